The zero-order valence-electron chi connectivity index (χ0n) is 16.8. The van der Waals surface area contributed by atoms with Crippen molar-refractivity contribution in [1.82, 2.24) is 9.88 Å². The maximum Gasteiger partial charge on any atom is 0.350 e. The largest absolute Gasteiger partial charge is 0.462 e. The Kier molecular flexibility index (Phi) is 6.88. The second-order valence-corrected chi connectivity index (χ2v) is 8.45. The van der Waals surface area contributed by atoms with Crippen LogP contribution in [0.15, 0.2) is 24.3 Å². The van der Waals surface area contributed by atoms with Crippen molar-refractivity contribution in [3.8, 4) is 0 Å². The Hall–Kier alpha value is -2.72. The van der Waals surface area contributed by atoms with Gasteiger partial charge in [0.2, 0.25) is 5.91 Å². The van der Waals surface area contributed by atoms with Gasteiger partial charge in [0.25, 0.3) is 11.8 Å². The van der Waals surface area contributed by atoms with E-state index in [4.69, 9.17) is 4.74 Å². The lowest BCUT2D eigenvalue weighted by Gasteiger charge is -2.24. The molecule has 0 spiro atoms. The average Bonchev–Trinajstić information content (AvgIpc) is 3.21. The number of anilines is 1. The molecule has 30 heavy (non-hydrogen) atoms. The van der Waals surface area contributed by atoms with E-state index < -0.39 is 29.7 Å². The van der Waals surface area contributed by atoms with Crippen LogP contribution in [0.1, 0.15) is 49.4 Å². The minimum absolute atomic E-state index is 0.214. The number of carbonyl (C=O) groups excluding carboxylic acids is 4. The van der Waals surface area contributed by atoms with Gasteiger partial charge in [0.15, 0.2) is 5.13 Å². The van der Waals surface area contributed by atoms with Gasteiger partial charge < -0.3 is 10.1 Å². The molecule has 0 saturated carbocycles. The van der Waals surface area contributed by atoms with E-state index in [2.05, 4.69) is 10.3 Å². The summed E-state index contributed by atoms with van der Waals surface area (Å²) in [6.07, 6.45) is 2.18. The summed E-state index contributed by atoms with van der Waals surface area (Å²) in [5.41, 5.74) is 1.02. The number of rotatable bonds is 8. The number of aryl methyl sites for hydroxylation is 1. The number of thiazole rings is 1. The summed E-state index contributed by atoms with van der Waals surface area (Å²) >= 11 is 2.51. The zero-order chi connectivity index (χ0) is 21.8. The first-order valence-corrected chi connectivity index (χ1v) is 11.5. The number of amides is 3. The Balaban J connectivity index is 1.84. The van der Waals surface area contributed by atoms with Crippen LogP contribution in [-0.4, -0.2) is 58.2 Å². The molecule has 1 aliphatic heterocycles. The van der Waals surface area contributed by atoms with Crippen molar-refractivity contribution in [3.05, 3.63) is 46.0 Å². The second kappa shape index (κ2) is 9.40. The van der Waals surface area contributed by atoms with E-state index in [1.807, 2.05) is 6.26 Å². The van der Waals surface area contributed by atoms with Crippen LogP contribution < -0.4 is 5.32 Å². The molecule has 0 saturated heterocycles. The Labute approximate surface area is 182 Å². The van der Waals surface area contributed by atoms with E-state index in [0.29, 0.717) is 33.9 Å². The third-order valence-corrected chi connectivity index (χ3v) is 6.22. The standard InChI is InChI=1S/C20H21N3O5S2/c1-4-28-19(27)15-11(2)21-20(30-15)22-16(24)14(9-10-29-3)23-17(25)12-7-5-6-8-13(12)18(23)26/h5-8,14H,4,9-10H2,1-3H3,(H,21,22,24). The number of imide groups is 1. The van der Waals surface area contributed by atoms with Crippen molar-refractivity contribution in [2.45, 2.75) is 26.3 Å². The first kappa shape index (κ1) is 22.0. The van der Waals surface area contributed by atoms with Crippen molar-refractivity contribution >= 4 is 51.9 Å². The van der Waals surface area contributed by atoms with Gasteiger partial charge in [0, 0.05) is 0 Å². The number of carbonyl (C=O) groups is 4. The first-order chi connectivity index (χ1) is 14.4. The molecule has 0 aliphatic carbocycles. The summed E-state index contributed by atoms with van der Waals surface area (Å²) in [5, 5.41) is 2.87. The van der Waals surface area contributed by atoms with Gasteiger partial charge in [-0.05, 0) is 44.4 Å². The molecule has 1 aromatic heterocycles. The quantitative estimate of drug-likeness (QED) is 0.490. The van der Waals surface area contributed by atoms with Crippen LogP contribution in [0.5, 0.6) is 0 Å². The van der Waals surface area contributed by atoms with Crippen LogP contribution in [0.4, 0.5) is 5.13 Å². The predicted molar refractivity (Wildman–Crippen MR) is 115 cm³/mol. The van der Waals surface area contributed by atoms with E-state index in [9.17, 15) is 19.2 Å². The maximum atomic E-state index is 13.0. The van der Waals surface area contributed by atoms with Gasteiger partial charge in [-0.3, -0.25) is 19.3 Å². The van der Waals surface area contributed by atoms with Gasteiger partial charge in [0.1, 0.15) is 10.9 Å². The number of aromatic nitrogens is 1. The molecule has 10 heteroatoms. The summed E-state index contributed by atoms with van der Waals surface area (Å²) in [6, 6.07) is 5.53. The highest BCUT2D eigenvalue weighted by molar-refractivity contribution is 7.98. The fraction of sp³-hybridized carbons (Fsp3) is 0.350. The van der Waals surface area contributed by atoms with Crippen LogP contribution in [0, 0.1) is 6.92 Å². The molecule has 158 valence electrons. The number of nitrogens with zero attached hydrogens (tertiary/aromatic N) is 2. The lowest BCUT2D eigenvalue weighted by atomic mass is 10.1. The fourth-order valence-electron chi connectivity index (χ4n) is 3.12. The number of hydrogen-bond acceptors (Lipinski definition) is 8. The fourth-order valence-corrected chi connectivity index (χ4v) is 4.44. The molecular weight excluding hydrogens is 426 g/mol. The molecule has 1 unspecified atom stereocenters. The summed E-state index contributed by atoms with van der Waals surface area (Å²) in [6.45, 7) is 3.58. The molecule has 2 aromatic rings. The Morgan fingerprint density at radius 1 is 1.23 bits per heavy atom. The highest BCUT2D eigenvalue weighted by atomic mass is 32.2. The number of benzene rings is 1. The Bertz CT molecular complexity index is 969. The number of nitrogens with one attached hydrogen (secondary N) is 1. The first-order valence-electron chi connectivity index (χ1n) is 9.30. The lowest BCUT2D eigenvalue weighted by Crippen LogP contribution is -2.47. The van der Waals surface area contributed by atoms with Crippen LogP contribution in [0.3, 0.4) is 0 Å². The molecule has 3 rings (SSSR count). The van der Waals surface area contributed by atoms with Crippen molar-refractivity contribution < 1.29 is 23.9 Å². The minimum Gasteiger partial charge on any atom is -0.462 e. The summed E-state index contributed by atoms with van der Waals surface area (Å²) in [5.74, 6) is -1.43. The molecule has 0 fully saturated rings. The SMILES string of the molecule is CCOC(=O)c1sc(NC(=O)C(CCSC)N2C(=O)c3ccccc3C2=O)nc1C. The monoisotopic (exact) mass is 447 g/mol. The lowest BCUT2D eigenvalue weighted by molar-refractivity contribution is -0.120. The highest BCUT2D eigenvalue weighted by Gasteiger charge is 2.42. The Morgan fingerprint density at radius 3 is 2.43 bits per heavy atom. The molecule has 1 aromatic carbocycles. The van der Waals surface area contributed by atoms with Crippen molar-refractivity contribution in [3.63, 3.8) is 0 Å². The molecular formula is C20H21N3O5S2. The van der Waals surface area contributed by atoms with Crippen molar-refractivity contribution in [1.29, 1.82) is 0 Å². The second-order valence-electron chi connectivity index (χ2n) is 6.47. The van der Waals surface area contributed by atoms with E-state index >= 15 is 0 Å². The predicted octanol–water partition coefficient (Wildman–Crippen LogP) is 2.98. The number of hydrogen-bond donors (Lipinski definition) is 1. The number of fused-ring (bicyclic) bond motifs is 1. The normalized spacial score (nSPS) is 13.9. The molecule has 3 amide bonds. The average molecular weight is 448 g/mol. The zero-order valence-corrected chi connectivity index (χ0v) is 18.4. The number of thioether (sulfide) groups is 1. The molecule has 0 radical (unpaired) electrons. The van der Waals surface area contributed by atoms with Crippen molar-refractivity contribution in [2.24, 2.45) is 0 Å². The third-order valence-electron chi connectivity index (χ3n) is 4.52. The van der Waals surface area contributed by atoms with Gasteiger partial charge in [0.05, 0.1) is 23.4 Å². The number of esters is 1. The maximum absolute atomic E-state index is 13.0. The molecule has 1 aliphatic rings. The van der Waals surface area contributed by atoms with E-state index in [0.717, 1.165) is 16.2 Å². The van der Waals surface area contributed by atoms with Crippen molar-refractivity contribution in [2.75, 3.05) is 23.9 Å². The van der Waals surface area contributed by atoms with Crippen LogP contribution in [0.25, 0.3) is 0 Å². The summed E-state index contributed by atoms with van der Waals surface area (Å²) in [4.78, 5) is 56.2. The van der Waals surface area contributed by atoms with Gasteiger partial charge in [-0.1, -0.05) is 23.5 Å². The van der Waals surface area contributed by atoms with Crippen LogP contribution in [0.2, 0.25) is 0 Å². The van der Waals surface area contributed by atoms with Crippen LogP contribution >= 0.6 is 23.1 Å². The third kappa shape index (κ3) is 4.24. The molecule has 8 nitrogen and oxygen atoms in total. The highest BCUT2D eigenvalue weighted by Crippen LogP contribution is 2.28. The van der Waals surface area contributed by atoms with Gasteiger partial charge in [-0.15, -0.1) is 0 Å². The van der Waals surface area contributed by atoms with E-state index in [-0.39, 0.29) is 11.7 Å². The Morgan fingerprint density at radius 2 is 1.87 bits per heavy atom. The summed E-state index contributed by atoms with van der Waals surface area (Å²) in [7, 11) is 0. The van der Waals surface area contributed by atoms with Gasteiger partial charge in [-0.2, -0.15) is 11.8 Å². The van der Waals surface area contributed by atoms with Crippen LogP contribution in [-0.2, 0) is 9.53 Å². The summed E-state index contributed by atoms with van der Waals surface area (Å²) < 4.78 is 4.99. The topological polar surface area (TPSA) is 106 Å². The van der Waals surface area contributed by atoms with Gasteiger partial charge in [-0.25, -0.2) is 9.78 Å². The number of ether oxygens (including phenoxy) is 1. The van der Waals surface area contributed by atoms with E-state index in [1.54, 1.807) is 38.1 Å². The van der Waals surface area contributed by atoms with Gasteiger partial charge >= 0.3 is 5.97 Å². The molecule has 1 N–H and O–H groups in total. The molecule has 2 heterocycles. The molecule has 0 bridgehead atoms. The molecule has 1 atom stereocenters. The smallest absolute Gasteiger partial charge is 0.350 e. The minimum atomic E-state index is -0.986. The van der Waals surface area contributed by atoms with E-state index in [1.165, 1.54) is 11.8 Å².